The number of aliphatic imine (C=N–C) groups is 1. The number of amidine groups is 1. The summed E-state index contributed by atoms with van der Waals surface area (Å²) in [5, 5.41) is 24.3. The molecular weight excluding hydrogens is 674 g/mol. The monoisotopic (exact) mass is 705 g/mol. The number of aromatic nitrogens is 4. The normalized spacial score (nSPS) is 19.8. The number of β-lactam (4-membered cyclic amide) rings is 1. The molecule has 4 heterocycles. The summed E-state index contributed by atoms with van der Waals surface area (Å²) in [7, 11) is -4.98. The van der Waals surface area contributed by atoms with Crippen molar-refractivity contribution in [1.82, 2.24) is 34.7 Å². The van der Waals surface area contributed by atoms with Crippen LogP contribution in [0, 0.1) is 0 Å². The number of hydrogen-bond acceptors (Lipinski definition) is 15. The number of nitrogen functional groups attached to an aromatic ring is 1. The number of piperidine rings is 1. The third-order valence-electron chi connectivity index (χ3n) is 7.25. The van der Waals surface area contributed by atoms with E-state index in [1.165, 1.54) is 22.7 Å². The van der Waals surface area contributed by atoms with E-state index in [1.807, 2.05) is 0 Å². The molecular formula is C26H31N11O9S2. The zero-order valence-electron chi connectivity index (χ0n) is 24.9. The second kappa shape index (κ2) is 14.7. The van der Waals surface area contributed by atoms with Gasteiger partial charge in [-0.3, -0.25) is 23.8 Å². The number of ether oxygens (including phenoxy) is 1. The van der Waals surface area contributed by atoms with Gasteiger partial charge in [-0.25, -0.2) is 19.1 Å². The molecule has 3 aromatic rings. The van der Waals surface area contributed by atoms with Gasteiger partial charge in [0.25, 0.3) is 17.9 Å². The molecule has 1 aromatic carbocycles. The summed E-state index contributed by atoms with van der Waals surface area (Å²) >= 11 is 0.940. The third-order valence-corrected chi connectivity index (χ3v) is 8.87. The van der Waals surface area contributed by atoms with Gasteiger partial charge < -0.3 is 36.8 Å². The number of thiazole rings is 1. The number of rotatable bonds is 14. The number of nitrogens with one attached hydrogen (secondary N) is 2. The SMILES string of the molecule is NC(=NC1CCNCC1)c1ccc(OCC(O/N=C(\C(=O)N[C@@H]2C(=O)N(S(=O)(=O)O)[C@@H]2Cn2cncn2)c2csc(N)n2)C(=O)O)cc1. The maximum absolute atomic E-state index is 13.4. The lowest BCUT2D eigenvalue weighted by Gasteiger charge is -2.43. The van der Waals surface area contributed by atoms with Crippen molar-refractivity contribution in [1.29, 1.82) is 0 Å². The van der Waals surface area contributed by atoms with Crippen molar-refractivity contribution >= 4 is 56.1 Å². The van der Waals surface area contributed by atoms with Crippen molar-refractivity contribution in [2.45, 2.75) is 43.6 Å². The topological polar surface area (TPSA) is 292 Å². The Morgan fingerprint density at radius 2 is 1.96 bits per heavy atom. The van der Waals surface area contributed by atoms with Crippen molar-refractivity contribution in [3.63, 3.8) is 0 Å². The van der Waals surface area contributed by atoms with E-state index >= 15 is 0 Å². The molecule has 20 nitrogen and oxygen atoms in total. The number of carboxylic acid groups (broad SMARTS) is 1. The number of hydrogen-bond donors (Lipinski definition) is 6. The molecule has 8 N–H and O–H groups in total. The molecule has 0 bridgehead atoms. The number of oxime groups is 1. The summed E-state index contributed by atoms with van der Waals surface area (Å²) in [6.45, 7) is 0.947. The molecule has 0 saturated carbocycles. The predicted molar refractivity (Wildman–Crippen MR) is 168 cm³/mol. The molecule has 2 saturated heterocycles. The number of amides is 2. The summed E-state index contributed by atoms with van der Waals surface area (Å²) in [6, 6.07) is 3.90. The number of carbonyl (C=O) groups excluding carboxylic acids is 2. The molecule has 2 aliphatic heterocycles. The van der Waals surface area contributed by atoms with Crippen LogP contribution in [0.25, 0.3) is 0 Å². The van der Waals surface area contributed by atoms with Crippen LogP contribution in [0.2, 0.25) is 0 Å². The van der Waals surface area contributed by atoms with Crippen molar-refractivity contribution < 1.29 is 42.0 Å². The van der Waals surface area contributed by atoms with Gasteiger partial charge in [-0.1, -0.05) is 5.16 Å². The Hall–Kier alpha value is -5.19. The van der Waals surface area contributed by atoms with E-state index in [2.05, 4.69) is 35.8 Å². The quantitative estimate of drug-likeness (QED) is 0.0355. The minimum Gasteiger partial charge on any atom is -0.489 e. The second-order valence-corrected chi connectivity index (χ2v) is 12.7. The summed E-state index contributed by atoms with van der Waals surface area (Å²) in [4.78, 5) is 55.5. The van der Waals surface area contributed by atoms with Crippen LogP contribution in [-0.2, 0) is 36.1 Å². The lowest BCUT2D eigenvalue weighted by Crippen LogP contribution is -2.73. The van der Waals surface area contributed by atoms with Crippen LogP contribution in [0.15, 0.2) is 52.4 Å². The van der Waals surface area contributed by atoms with Gasteiger partial charge in [0.2, 0.25) is 0 Å². The van der Waals surface area contributed by atoms with E-state index in [1.54, 1.807) is 24.3 Å². The Labute approximate surface area is 276 Å². The van der Waals surface area contributed by atoms with Gasteiger partial charge >= 0.3 is 16.3 Å². The summed E-state index contributed by atoms with van der Waals surface area (Å²) in [5.41, 5.74) is 11.8. The largest absolute Gasteiger partial charge is 0.489 e. The van der Waals surface area contributed by atoms with Crippen molar-refractivity contribution in [2.24, 2.45) is 15.9 Å². The zero-order valence-corrected chi connectivity index (χ0v) is 26.6. The lowest BCUT2D eigenvalue weighted by molar-refractivity contribution is -0.152. The average Bonchev–Trinajstić information content (AvgIpc) is 3.73. The van der Waals surface area contributed by atoms with Gasteiger partial charge in [-0.2, -0.15) is 13.5 Å². The summed E-state index contributed by atoms with van der Waals surface area (Å²) in [5.74, 6) is -3.03. The summed E-state index contributed by atoms with van der Waals surface area (Å²) in [6.07, 6.45) is 2.47. The minimum absolute atomic E-state index is 0.0369. The van der Waals surface area contributed by atoms with Crippen LogP contribution >= 0.6 is 11.3 Å². The maximum Gasteiger partial charge on any atom is 0.362 e. The van der Waals surface area contributed by atoms with Gasteiger partial charge in [0, 0.05) is 10.9 Å². The van der Waals surface area contributed by atoms with Gasteiger partial charge in [0.1, 0.15) is 42.6 Å². The second-order valence-electron chi connectivity index (χ2n) is 10.5. The Morgan fingerprint density at radius 3 is 2.56 bits per heavy atom. The number of carbonyl (C=O) groups is 3. The van der Waals surface area contributed by atoms with Crippen LogP contribution in [0.1, 0.15) is 24.1 Å². The maximum atomic E-state index is 13.4. The van der Waals surface area contributed by atoms with Gasteiger partial charge in [-0.15, -0.1) is 11.3 Å². The Bertz CT molecular complexity index is 1790. The van der Waals surface area contributed by atoms with Gasteiger partial charge in [-0.05, 0) is 50.2 Å². The van der Waals surface area contributed by atoms with E-state index in [4.69, 9.17) is 21.0 Å². The van der Waals surface area contributed by atoms with Gasteiger partial charge in [0.15, 0.2) is 10.8 Å². The molecule has 0 radical (unpaired) electrons. The molecule has 1 unspecified atom stereocenters. The zero-order chi connectivity index (χ0) is 34.4. The van der Waals surface area contributed by atoms with E-state index in [-0.39, 0.29) is 27.7 Å². The molecule has 2 aliphatic rings. The van der Waals surface area contributed by atoms with Crippen LogP contribution in [-0.4, -0.2) is 115 Å². The molecule has 2 amide bonds. The van der Waals surface area contributed by atoms with Crippen molar-refractivity contribution in [3.05, 3.63) is 53.6 Å². The molecule has 5 rings (SSSR count). The fourth-order valence-corrected chi connectivity index (χ4v) is 6.25. The number of aliphatic carboxylic acids is 1. The van der Waals surface area contributed by atoms with E-state index < -0.39 is 58.6 Å². The number of anilines is 1. The van der Waals surface area contributed by atoms with Crippen LogP contribution in [0.4, 0.5) is 5.13 Å². The molecule has 0 aliphatic carbocycles. The first kappa shape index (κ1) is 34.2. The number of carboxylic acids is 1. The highest BCUT2D eigenvalue weighted by atomic mass is 32.2. The first-order valence-electron chi connectivity index (χ1n) is 14.3. The van der Waals surface area contributed by atoms with E-state index in [0.29, 0.717) is 17.1 Å². The molecule has 2 fully saturated rings. The number of benzene rings is 1. The molecule has 0 spiro atoms. The lowest BCUT2D eigenvalue weighted by atomic mass is 9.98. The first-order chi connectivity index (χ1) is 22.9. The fourth-order valence-electron chi connectivity index (χ4n) is 4.83. The molecule has 48 heavy (non-hydrogen) atoms. The molecule has 3 atom stereocenters. The molecule has 256 valence electrons. The average molecular weight is 706 g/mol. The Morgan fingerprint density at radius 1 is 1.23 bits per heavy atom. The Balaban J connectivity index is 1.27. The Kier molecular flexibility index (Phi) is 10.5. The van der Waals surface area contributed by atoms with E-state index in [9.17, 15) is 32.5 Å². The first-order valence-corrected chi connectivity index (χ1v) is 16.6. The third kappa shape index (κ3) is 8.20. The highest BCUT2D eigenvalue weighted by Crippen LogP contribution is 2.25. The number of nitrogens with zero attached hydrogens (tertiary/aromatic N) is 7. The highest BCUT2D eigenvalue weighted by molar-refractivity contribution is 7.84. The van der Waals surface area contributed by atoms with Crippen molar-refractivity contribution in [2.75, 3.05) is 25.4 Å². The standard InChI is InChI=1S/C26H31N11O9S2/c27-22(32-15-5-7-29-8-6-15)14-1-3-16(4-2-14)45-10-19(25(40)41)46-35-20(17-11-47-26(28)33-17)23(38)34-21-18(9-36-13-30-12-31-36)37(24(21)39)48(42,43)44/h1-4,11-13,15,18-19,21,29H,5-10H2,(H2,27,32)(H2,28,33)(H,34,38)(H,40,41)(H,42,43,44)/b35-20-/t18-,19?,21+/m1/s1. The van der Waals surface area contributed by atoms with Crippen LogP contribution < -0.4 is 26.8 Å². The van der Waals surface area contributed by atoms with Crippen molar-refractivity contribution in [3.8, 4) is 5.75 Å². The highest BCUT2D eigenvalue weighted by Gasteiger charge is 2.54. The van der Waals surface area contributed by atoms with Gasteiger partial charge in [0.05, 0.1) is 18.6 Å². The minimum atomic E-state index is -4.98. The molecule has 2 aromatic heterocycles. The smallest absolute Gasteiger partial charge is 0.362 e. The van der Waals surface area contributed by atoms with Crippen LogP contribution in [0.5, 0.6) is 5.75 Å². The molecule has 22 heteroatoms. The van der Waals surface area contributed by atoms with E-state index in [0.717, 1.165) is 37.3 Å². The fraction of sp³-hybridized carbons (Fsp3) is 0.385. The van der Waals surface area contributed by atoms with Crippen LogP contribution in [0.3, 0.4) is 0 Å². The predicted octanol–water partition coefficient (Wildman–Crippen LogP) is -1.77. The summed E-state index contributed by atoms with van der Waals surface area (Å²) < 4.78 is 40.2. The number of nitrogens with two attached hydrogens (primary N) is 2.